The van der Waals surface area contributed by atoms with E-state index in [0.29, 0.717) is 5.56 Å². The number of carbonyl (C=O) groups is 1. The number of hydrogen-bond donors (Lipinski definition) is 5. The van der Waals surface area contributed by atoms with E-state index >= 15 is 0 Å². The van der Waals surface area contributed by atoms with Crippen molar-refractivity contribution in [2.75, 3.05) is 7.05 Å². The van der Waals surface area contributed by atoms with Crippen LogP contribution in [-0.4, -0.2) is 33.4 Å². The predicted octanol–water partition coefficient (Wildman–Crippen LogP) is -0.321. The average Bonchev–Trinajstić information content (AvgIpc) is 2.38. The Balaban J connectivity index is 3.44. The van der Waals surface area contributed by atoms with Gasteiger partial charge in [0, 0.05) is 23.7 Å². The molecule has 0 radical (unpaired) electrons. The van der Waals surface area contributed by atoms with Crippen molar-refractivity contribution in [1.29, 1.82) is 0 Å². The first-order chi connectivity index (χ1) is 8.47. The van der Waals surface area contributed by atoms with Gasteiger partial charge in [0.05, 0.1) is 19.6 Å². The molecule has 1 amide bonds. The Hall–Kier alpha value is -1.79. The van der Waals surface area contributed by atoms with E-state index in [1.54, 1.807) is 0 Å². The highest BCUT2D eigenvalue weighted by atomic mass is 16.3. The molecule has 0 aliphatic rings. The van der Waals surface area contributed by atoms with Gasteiger partial charge in [0.15, 0.2) is 0 Å². The van der Waals surface area contributed by atoms with Crippen LogP contribution >= 0.6 is 0 Å². The lowest BCUT2D eigenvalue weighted by atomic mass is 9.94. The molecule has 0 atom stereocenters. The Morgan fingerprint density at radius 2 is 1.56 bits per heavy atom. The molecular formula is C12H17NO5. The molecule has 0 fully saturated rings. The van der Waals surface area contributed by atoms with Crippen molar-refractivity contribution in [1.82, 2.24) is 5.32 Å². The van der Waals surface area contributed by atoms with Gasteiger partial charge in [-0.15, -0.1) is 0 Å². The Morgan fingerprint density at radius 1 is 1.06 bits per heavy atom. The van der Waals surface area contributed by atoms with Crippen LogP contribution in [0.4, 0.5) is 0 Å². The molecular weight excluding hydrogens is 238 g/mol. The Labute approximate surface area is 105 Å². The first-order valence-electron chi connectivity index (χ1n) is 5.45. The summed E-state index contributed by atoms with van der Waals surface area (Å²) in [4.78, 5) is 11.3. The average molecular weight is 255 g/mol. The number of hydrogen-bond acceptors (Lipinski definition) is 5. The summed E-state index contributed by atoms with van der Waals surface area (Å²) in [5.41, 5.74) is 0.679. The van der Waals surface area contributed by atoms with Gasteiger partial charge in [0.2, 0.25) is 5.91 Å². The highest BCUT2D eigenvalue weighted by molar-refractivity contribution is 5.80. The summed E-state index contributed by atoms with van der Waals surface area (Å²) in [7, 11) is 1.46. The summed E-state index contributed by atoms with van der Waals surface area (Å²) >= 11 is 0. The normalized spacial score (nSPS) is 10.4. The minimum Gasteiger partial charge on any atom is -0.507 e. The quantitative estimate of drug-likeness (QED) is 0.474. The summed E-state index contributed by atoms with van der Waals surface area (Å²) in [6.07, 6.45) is -0.111. The molecule has 0 aromatic heterocycles. The minimum atomic E-state index is -0.531. The summed E-state index contributed by atoms with van der Waals surface area (Å²) in [5, 5.41) is 40.6. The number of benzene rings is 1. The lowest BCUT2D eigenvalue weighted by Crippen LogP contribution is -2.21. The Kier molecular flexibility index (Phi) is 4.52. The SMILES string of the molecule is CNC(=O)Cc1c(C)c(O)c(CO)c(CO)c1O. The lowest BCUT2D eigenvalue weighted by Gasteiger charge is -2.17. The molecule has 6 heteroatoms. The molecule has 1 rings (SSSR count). The van der Waals surface area contributed by atoms with Gasteiger partial charge >= 0.3 is 0 Å². The third-order valence-electron chi connectivity index (χ3n) is 2.96. The van der Waals surface area contributed by atoms with E-state index in [4.69, 9.17) is 5.11 Å². The monoisotopic (exact) mass is 255 g/mol. The van der Waals surface area contributed by atoms with E-state index in [1.807, 2.05) is 0 Å². The maximum atomic E-state index is 11.3. The van der Waals surface area contributed by atoms with Crippen LogP contribution in [-0.2, 0) is 24.4 Å². The number of phenols is 2. The second-order valence-corrected chi connectivity index (χ2v) is 3.92. The molecule has 1 aromatic rings. The Bertz CT molecular complexity index is 470. The van der Waals surface area contributed by atoms with Gasteiger partial charge in [0.1, 0.15) is 11.5 Å². The molecule has 18 heavy (non-hydrogen) atoms. The first-order valence-corrected chi connectivity index (χ1v) is 5.45. The van der Waals surface area contributed by atoms with Gasteiger partial charge < -0.3 is 25.7 Å². The molecule has 6 nitrogen and oxygen atoms in total. The minimum absolute atomic E-state index is 0.0412. The summed E-state index contributed by atoms with van der Waals surface area (Å²) < 4.78 is 0. The second kappa shape index (κ2) is 5.70. The number of rotatable bonds is 4. The first kappa shape index (κ1) is 14.3. The molecule has 0 heterocycles. The van der Waals surface area contributed by atoms with Gasteiger partial charge in [-0.25, -0.2) is 0 Å². The molecule has 0 unspecified atom stereocenters. The van der Waals surface area contributed by atoms with Gasteiger partial charge in [-0.3, -0.25) is 4.79 Å². The van der Waals surface area contributed by atoms with Crippen LogP contribution in [0.2, 0.25) is 0 Å². The van der Waals surface area contributed by atoms with E-state index in [9.17, 15) is 20.1 Å². The Morgan fingerprint density at radius 3 is 2.00 bits per heavy atom. The molecule has 1 aromatic carbocycles. The third-order valence-corrected chi connectivity index (χ3v) is 2.96. The summed E-state index contributed by atoms with van der Waals surface area (Å²) in [6, 6.07) is 0. The number of aliphatic hydroxyl groups is 2. The van der Waals surface area contributed by atoms with Crippen LogP contribution in [0.5, 0.6) is 11.5 Å². The number of aliphatic hydroxyl groups excluding tert-OH is 2. The standard InChI is InChI=1S/C12H17NO5/c1-6-7(3-10(16)13-2)12(18)9(5-15)8(4-14)11(6)17/h14-15,17-18H,3-5H2,1-2H3,(H,13,16). The summed E-state index contributed by atoms with van der Waals surface area (Å²) in [6.45, 7) is 0.500. The lowest BCUT2D eigenvalue weighted by molar-refractivity contribution is -0.120. The smallest absolute Gasteiger partial charge is 0.224 e. The zero-order valence-corrected chi connectivity index (χ0v) is 10.3. The maximum Gasteiger partial charge on any atom is 0.224 e. The largest absolute Gasteiger partial charge is 0.507 e. The van der Waals surface area contributed by atoms with E-state index in [1.165, 1.54) is 14.0 Å². The fraction of sp³-hybridized carbons (Fsp3) is 0.417. The topological polar surface area (TPSA) is 110 Å². The molecule has 0 saturated heterocycles. The maximum absolute atomic E-state index is 11.3. The van der Waals surface area contributed by atoms with Crippen molar-refractivity contribution in [3.05, 3.63) is 22.3 Å². The number of aromatic hydroxyl groups is 2. The fourth-order valence-electron chi connectivity index (χ4n) is 1.82. The van der Waals surface area contributed by atoms with Crippen LogP contribution in [0, 0.1) is 6.92 Å². The third kappa shape index (κ3) is 2.39. The van der Waals surface area contributed by atoms with Crippen molar-refractivity contribution in [3.63, 3.8) is 0 Å². The number of carbonyl (C=O) groups excluding carboxylic acids is 1. The predicted molar refractivity (Wildman–Crippen MR) is 64.1 cm³/mol. The molecule has 5 N–H and O–H groups in total. The van der Waals surface area contributed by atoms with Crippen molar-refractivity contribution in [2.45, 2.75) is 26.6 Å². The molecule has 0 spiro atoms. The van der Waals surface area contributed by atoms with E-state index in [2.05, 4.69) is 5.32 Å². The molecule has 100 valence electrons. The highest BCUT2D eigenvalue weighted by Crippen LogP contribution is 2.37. The molecule has 0 bridgehead atoms. The van der Waals surface area contributed by atoms with Crippen LogP contribution in [0.1, 0.15) is 22.3 Å². The zero-order valence-electron chi connectivity index (χ0n) is 10.3. The van der Waals surface area contributed by atoms with Crippen LogP contribution < -0.4 is 5.32 Å². The molecule has 0 saturated carbocycles. The van der Waals surface area contributed by atoms with Crippen molar-refractivity contribution in [3.8, 4) is 11.5 Å². The van der Waals surface area contributed by atoms with Crippen molar-refractivity contribution >= 4 is 5.91 Å². The van der Waals surface area contributed by atoms with Gasteiger partial charge in [0.25, 0.3) is 0 Å². The van der Waals surface area contributed by atoms with Gasteiger partial charge in [-0.05, 0) is 12.5 Å². The van der Waals surface area contributed by atoms with E-state index in [0.717, 1.165) is 0 Å². The van der Waals surface area contributed by atoms with Crippen molar-refractivity contribution < 1.29 is 25.2 Å². The van der Waals surface area contributed by atoms with Gasteiger partial charge in [-0.2, -0.15) is 0 Å². The van der Waals surface area contributed by atoms with Crippen molar-refractivity contribution in [2.24, 2.45) is 0 Å². The fourth-order valence-corrected chi connectivity index (χ4v) is 1.82. The zero-order chi connectivity index (χ0) is 13.9. The van der Waals surface area contributed by atoms with Crippen LogP contribution in [0.3, 0.4) is 0 Å². The van der Waals surface area contributed by atoms with Crippen LogP contribution in [0.25, 0.3) is 0 Å². The molecule has 0 aliphatic carbocycles. The second-order valence-electron chi connectivity index (χ2n) is 3.92. The van der Waals surface area contributed by atoms with Gasteiger partial charge in [-0.1, -0.05) is 0 Å². The van der Waals surface area contributed by atoms with E-state index in [-0.39, 0.29) is 40.5 Å². The van der Waals surface area contributed by atoms with Crippen LogP contribution in [0.15, 0.2) is 0 Å². The molecule has 0 aliphatic heterocycles. The number of nitrogens with one attached hydrogen (secondary N) is 1. The summed E-state index contributed by atoms with van der Waals surface area (Å²) in [5.74, 6) is -0.799. The van der Waals surface area contributed by atoms with E-state index < -0.39 is 13.2 Å². The highest BCUT2D eigenvalue weighted by Gasteiger charge is 2.21. The number of likely N-dealkylation sites (N-methyl/N-ethyl adjacent to an activating group) is 1. The number of amides is 1.